The predicted molar refractivity (Wildman–Crippen MR) is 154 cm³/mol. The van der Waals surface area contributed by atoms with E-state index in [1.54, 1.807) is 32.6 Å². The zero-order chi connectivity index (χ0) is 36.0. The first kappa shape index (κ1) is 36.9. The molecule has 2 aliphatic heterocycles. The van der Waals surface area contributed by atoms with E-state index in [0.29, 0.717) is 44.3 Å². The Labute approximate surface area is 270 Å². The van der Waals surface area contributed by atoms with Gasteiger partial charge in [-0.3, -0.25) is 4.90 Å². The highest BCUT2D eigenvalue weighted by atomic mass is 19.4. The van der Waals surface area contributed by atoms with E-state index in [2.05, 4.69) is 4.98 Å². The second-order valence-electron chi connectivity index (χ2n) is 12.7. The summed E-state index contributed by atoms with van der Waals surface area (Å²) < 4.78 is 133. The van der Waals surface area contributed by atoms with Gasteiger partial charge in [-0.1, -0.05) is 0 Å². The molecule has 8 nitrogen and oxygen atoms in total. The van der Waals surface area contributed by atoms with Gasteiger partial charge in [0.1, 0.15) is 17.5 Å². The van der Waals surface area contributed by atoms with E-state index < -0.39 is 77.3 Å². The second kappa shape index (κ2) is 13.2. The summed E-state index contributed by atoms with van der Waals surface area (Å²) in [5.74, 6) is 0.100. The maximum Gasteiger partial charge on any atom is 0.417 e. The van der Waals surface area contributed by atoms with Crippen molar-refractivity contribution in [2.75, 3.05) is 24.5 Å². The number of anilines is 1. The van der Waals surface area contributed by atoms with Crippen LogP contribution in [0.25, 0.3) is 0 Å². The van der Waals surface area contributed by atoms with Gasteiger partial charge >= 0.3 is 30.7 Å². The Balaban J connectivity index is 1.64. The monoisotopic (exact) mass is 698 g/mol. The smallest absolute Gasteiger partial charge is 0.417 e. The SMILES string of the molecule is CCN(c1ncc(C(F)(F)F)cc1CN1C(=O)O[C@H](c2cc(C(F)(F)F)cc(C(F)(F)F)c2)C1C)C1CCN(C(=O)OC(C)(C)C)CC1. The van der Waals surface area contributed by atoms with Crippen molar-refractivity contribution in [2.45, 2.75) is 96.3 Å². The number of rotatable bonds is 6. The maximum absolute atomic E-state index is 13.8. The zero-order valence-electron chi connectivity index (χ0n) is 26.7. The number of amides is 2. The minimum atomic E-state index is -5.15. The van der Waals surface area contributed by atoms with E-state index in [-0.39, 0.29) is 30.0 Å². The number of cyclic esters (lactones) is 1. The van der Waals surface area contributed by atoms with Crippen LogP contribution in [0.4, 0.5) is 54.9 Å². The van der Waals surface area contributed by atoms with E-state index >= 15 is 0 Å². The van der Waals surface area contributed by atoms with Crippen LogP contribution < -0.4 is 4.90 Å². The number of carbonyl (C=O) groups is 2. The lowest BCUT2D eigenvalue weighted by molar-refractivity contribution is -0.143. The minimum absolute atomic E-state index is 0.0549. The lowest BCUT2D eigenvalue weighted by Crippen LogP contribution is -2.48. The summed E-state index contributed by atoms with van der Waals surface area (Å²) in [6, 6.07) is 0.190. The van der Waals surface area contributed by atoms with Crippen molar-refractivity contribution >= 4 is 18.0 Å². The average Bonchev–Trinajstić information content (AvgIpc) is 3.24. The largest absolute Gasteiger partial charge is 0.444 e. The van der Waals surface area contributed by atoms with Gasteiger partial charge in [-0.2, -0.15) is 39.5 Å². The zero-order valence-corrected chi connectivity index (χ0v) is 26.7. The number of nitrogens with zero attached hydrogens (tertiary/aromatic N) is 4. The molecule has 0 aliphatic carbocycles. The number of ether oxygens (including phenoxy) is 2. The van der Waals surface area contributed by atoms with Crippen LogP contribution in [0.2, 0.25) is 0 Å². The standard InChI is InChI=1S/C31H35F9N4O4/c1-6-43(23-7-9-42(10-8-23)26(45)48-28(3,4)5)25-19(13-22(15-41-25)31(38,39)40)16-44-17(2)24(47-27(44)46)18-11-20(29(32,33)34)14-21(12-18)30(35,36)37/h11-15,17,23-24H,6-10,16H2,1-5H3/t17?,24-/m0/s1. The molecular weight excluding hydrogens is 663 g/mol. The van der Waals surface area contributed by atoms with Gasteiger partial charge in [0.05, 0.1) is 29.3 Å². The molecule has 3 heterocycles. The molecule has 0 saturated carbocycles. The quantitative estimate of drug-likeness (QED) is 0.282. The summed E-state index contributed by atoms with van der Waals surface area (Å²) in [4.78, 5) is 33.9. The van der Waals surface area contributed by atoms with Crippen LogP contribution in [-0.2, 0) is 34.5 Å². The summed E-state index contributed by atoms with van der Waals surface area (Å²) in [5, 5.41) is 0. The van der Waals surface area contributed by atoms with Crippen molar-refractivity contribution in [3.8, 4) is 0 Å². The Kier molecular flexibility index (Phi) is 10.1. The number of alkyl halides is 9. The third kappa shape index (κ3) is 8.38. The van der Waals surface area contributed by atoms with Crippen molar-refractivity contribution in [1.29, 1.82) is 0 Å². The Hall–Kier alpha value is -3.92. The van der Waals surface area contributed by atoms with Crippen molar-refractivity contribution in [1.82, 2.24) is 14.8 Å². The number of hydrogen-bond donors (Lipinski definition) is 0. The fraction of sp³-hybridized carbons (Fsp3) is 0.581. The third-order valence-electron chi connectivity index (χ3n) is 8.11. The second-order valence-corrected chi connectivity index (χ2v) is 12.7. The Morgan fingerprint density at radius 3 is 1.94 bits per heavy atom. The molecule has 48 heavy (non-hydrogen) atoms. The van der Waals surface area contributed by atoms with Gasteiger partial charge in [0.15, 0.2) is 0 Å². The lowest BCUT2D eigenvalue weighted by atomic mass is 9.97. The van der Waals surface area contributed by atoms with Crippen LogP contribution in [0.1, 0.15) is 81.4 Å². The molecule has 2 atom stereocenters. The fourth-order valence-electron chi connectivity index (χ4n) is 5.79. The number of hydrogen-bond acceptors (Lipinski definition) is 6. The maximum atomic E-state index is 13.8. The van der Waals surface area contributed by atoms with E-state index in [1.807, 2.05) is 0 Å². The van der Waals surface area contributed by atoms with Crippen LogP contribution in [-0.4, -0.2) is 64.3 Å². The number of aromatic nitrogens is 1. The number of piperidine rings is 1. The molecule has 2 aliphatic rings. The van der Waals surface area contributed by atoms with E-state index in [0.717, 1.165) is 11.0 Å². The molecule has 1 aromatic heterocycles. The average molecular weight is 699 g/mol. The molecular formula is C31H35F9N4O4. The van der Waals surface area contributed by atoms with E-state index in [9.17, 15) is 49.1 Å². The first-order valence-corrected chi connectivity index (χ1v) is 15.1. The van der Waals surface area contributed by atoms with Crippen molar-refractivity contribution in [2.24, 2.45) is 0 Å². The van der Waals surface area contributed by atoms with Gasteiger partial charge in [-0.05, 0) is 77.3 Å². The Morgan fingerprint density at radius 1 is 0.917 bits per heavy atom. The summed E-state index contributed by atoms with van der Waals surface area (Å²) >= 11 is 0. The summed E-state index contributed by atoms with van der Waals surface area (Å²) in [5.41, 5.74) is -5.68. The van der Waals surface area contributed by atoms with Crippen molar-refractivity contribution in [3.05, 3.63) is 58.3 Å². The molecule has 2 fully saturated rings. The minimum Gasteiger partial charge on any atom is -0.444 e. The first-order valence-electron chi connectivity index (χ1n) is 15.1. The van der Waals surface area contributed by atoms with Crippen LogP contribution in [0.15, 0.2) is 30.5 Å². The molecule has 0 bridgehead atoms. The van der Waals surface area contributed by atoms with Gasteiger partial charge in [0.25, 0.3) is 0 Å². The van der Waals surface area contributed by atoms with Crippen LogP contribution >= 0.6 is 0 Å². The highest BCUT2D eigenvalue weighted by Crippen LogP contribution is 2.42. The number of likely N-dealkylation sites (tertiary alicyclic amines) is 1. The summed E-state index contributed by atoms with van der Waals surface area (Å²) in [6.07, 6.45) is -16.9. The molecule has 2 amide bonds. The molecule has 4 rings (SSSR count). The summed E-state index contributed by atoms with van der Waals surface area (Å²) in [7, 11) is 0. The Bertz CT molecular complexity index is 1460. The Morgan fingerprint density at radius 2 is 1.46 bits per heavy atom. The highest BCUT2D eigenvalue weighted by molar-refractivity contribution is 5.72. The third-order valence-corrected chi connectivity index (χ3v) is 8.11. The topological polar surface area (TPSA) is 75.2 Å². The number of halogens is 9. The molecule has 2 aromatic rings. The number of pyridine rings is 1. The molecule has 0 N–H and O–H groups in total. The van der Waals surface area contributed by atoms with Crippen molar-refractivity contribution in [3.63, 3.8) is 0 Å². The highest BCUT2D eigenvalue weighted by Gasteiger charge is 2.44. The molecule has 17 heteroatoms. The molecule has 266 valence electrons. The van der Waals surface area contributed by atoms with Gasteiger partial charge in [0.2, 0.25) is 0 Å². The fourth-order valence-corrected chi connectivity index (χ4v) is 5.79. The predicted octanol–water partition coefficient (Wildman–Crippen LogP) is 8.45. The van der Waals surface area contributed by atoms with Gasteiger partial charge in [-0.15, -0.1) is 0 Å². The van der Waals surface area contributed by atoms with E-state index in [4.69, 9.17) is 9.47 Å². The van der Waals surface area contributed by atoms with Crippen LogP contribution in [0.5, 0.6) is 0 Å². The normalized spacial score (nSPS) is 19.8. The molecule has 1 aromatic carbocycles. The van der Waals surface area contributed by atoms with Crippen molar-refractivity contribution < 1.29 is 58.6 Å². The van der Waals surface area contributed by atoms with Gasteiger partial charge < -0.3 is 19.3 Å². The summed E-state index contributed by atoms with van der Waals surface area (Å²) in [6.45, 7) is 8.56. The molecule has 0 spiro atoms. The molecule has 0 radical (unpaired) electrons. The number of benzene rings is 1. The van der Waals surface area contributed by atoms with Gasteiger partial charge in [0, 0.05) is 37.4 Å². The molecule has 2 saturated heterocycles. The molecule has 1 unspecified atom stereocenters. The van der Waals surface area contributed by atoms with Crippen LogP contribution in [0.3, 0.4) is 0 Å². The first-order chi connectivity index (χ1) is 22.0. The number of carbonyl (C=O) groups excluding carboxylic acids is 2. The van der Waals surface area contributed by atoms with Crippen LogP contribution in [0, 0.1) is 0 Å². The lowest BCUT2D eigenvalue weighted by Gasteiger charge is -2.40. The van der Waals surface area contributed by atoms with Gasteiger partial charge in [-0.25, -0.2) is 14.6 Å². The van der Waals surface area contributed by atoms with E-state index in [1.165, 1.54) is 11.8 Å².